The van der Waals surface area contributed by atoms with E-state index in [1.165, 1.54) is 0 Å². The van der Waals surface area contributed by atoms with Crippen molar-refractivity contribution in [3.8, 4) is 0 Å². The fourth-order valence-electron chi connectivity index (χ4n) is 1.02. The summed E-state index contributed by atoms with van der Waals surface area (Å²) in [5, 5.41) is 2.77. The van der Waals surface area contributed by atoms with E-state index < -0.39 is 11.9 Å². The number of hydrogen-bond donors (Lipinski definition) is 2. The molecule has 6 heteroatoms. The minimum absolute atomic E-state index is 0.296. The van der Waals surface area contributed by atoms with E-state index in [4.69, 9.17) is 19.9 Å². The van der Waals surface area contributed by atoms with Crippen LogP contribution in [-0.2, 0) is 19.0 Å². The highest BCUT2D eigenvalue weighted by Gasteiger charge is 2.11. The molecule has 0 bridgehead atoms. The molecule has 3 N–H and O–H groups in total. The third-order valence-corrected chi connectivity index (χ3v) is 1.99. The number of primary amides is 1. The van der Waals surface area contributed by atoms with Crippen LogP contribution in [0.3, 0.4) is 0 Å². The van der Waals surface area contributed by atoms with Gasteiger partial charge in [-0.3, -0.25) is 4.79 Å². The van der Waals surface area contributed by atoms with Crippen LogP contribution in [0.1, 0.15) is 6.42 Å². The van der Waals surface area contributed by atoms with E-state index in [9.17, 15) is 4.79 Å². The molecule has 0 aliphatic rings. The molecule has 0 aromatic rings. The standard InChI is InChI=1S/C10H22N2O4/c1-12-9(10(11)13)8-16-5-3-4-15-7-6-14-2/h9,12H,3-8H2,1-2H3,(H2,11,13). The van der Waals surface area contributed by atoms with Crippen molar-refractivity contribution in [1.29, 1.82) is 0 Å². The number of ether oxygens (including phenoxy) is 3. The topological polar surface area (TPSA) is 82.8 Å². The smallest absolute Gasteiger partial charge is 0.236 e. The van der Waals surface area contributed by atoms with E-state index in [-0.39, 0.29) is 0 Å². The summed E-state index contributed by atoms with van der Waals surface area (Å²) in [6, 6.07) is -0.422. The van der Waals surface area contributed by atoms with Crippen LogP contribution < -0.4 is 11.1 Å². The zero-order chi connectivity index (χ0) is 12.2. The van der Waals surface area contributed by atoms with Crippen molar-refractivity contribution in [3.63, 3.8) is 0 Å². The highest BCUT2D eigenvalue weighted by atomic mass is 16.5. The lowest BCUT2D eigenvalue weighted by Crippen LogP contribution is -2.42. The molecule has 0 saturated heterocycles. The Morgan fingerprint density at radius 3 is 2.50 bits per heavy atom. The lowest BCUT2D eigenvalue weighted by atomic mass is 10.3. The number of carbonyl (C=O) groups is 1. The first-order valence-electron chi connectivity index (χ1n) is 5.33. The van der Waals surface area contributed by atoms with Gasteiger partial charge in [-0.2, -0.15) is 0 Å². The van der Waals surface area contributed by atoms with Crippen LogP contribution in [0.2, 0.25) is 0 Å². The Hall–Kier alpha value is -0.690. The van der Waals surface area contributed by atoms with E-state index in [0.29, 0.717) is 33.0 Å². The largest absolute Gasteiger partial charge is 0.382 e. The summed E-state index contributed by atoms with van der Waals surface area (Å²) >= 11 is 0. The maximum atomic E-state index is 10.8. The van der Waals surface area contributed by atoms with Gasteiger partial charge in [0.1, 0.15) is 6.04 Å². The number of rotatable bonds is 11. The molecule has 0 aliphatic heterocycles. The Balaban J connectivity index is 3.22. The zero-order valence-corrected chi connectivity index (χ0v) is 10.0. The number of methoxy groups -OCH3 is 1. The predicted octanol–water partition coefficient (Wildman–Crippen LogP) is -0.871. The molecule has 1 amide bonds. The molecule has 16 heavy (non-hydrogen) atoms. The van der Waals surface area contributed by atoms with Crippen LogP contribution in [0, 0.1) is 0 Å². The van der Waals surface area contributed by atoms with Crippen LogP contribution in [0.4, 0.5) is 0 Å². The highest BCUT2D eigenvalue weighted by molar-refractivity contribution is 5.79. The summed E-state index contributed by atoms with van der Waals surface area (Å²) in [5.41, 5.74) is 5.12. The minimum atomic E-state index is -0.422. The summed E-state index contributed by atoms with van der Waals surface area (Å²) in [7, 11) is 3.31. The van der Waals surface area contributed by atoms with Gasteiger partial charge in [0.15, 0.2) is 0 Å². The molecule has 0 heterocycles. The lowest BCUT2D eigenvalue weighted by Gasteiger charge is -2.12. The highest BCUT2D eigenvalue weighted by Crippen LogP contribution is 1.89. The van der Waals surface area contributed by atoms with Gasteiger partial charge in [0.05, 0.1) is 19.8 Å². The van der Waals surface area contributed by atoms with Crippen molar-refractivity contribution in [1.82, 2.24) is 5.32 Å². The quantitative estimate of drug-likeness (QED) is 0.454. The van der Waals surface area contributed by atoms with Gasteiger partial charge < -0.3 is 25.3 Å². The third kappa shape index (κ3) is 8.60. The Morgan fingerprint density at radius 1 is 1.25 bits per heavy atom. The molecule has 0 aromatic heterocycles. The summed E-state index contributed by atoms with van der Waals surface area (Å²) in [4.78, 5) is 10.8. The van der Waals surface area contributed by atoms with Crippen LogP contribution >= 0.6 is 0 Å². The second-order valence-corrected chi connectivity index (χ2v) is 3.28. The van der Waals surface area contributed by atoms with Crippen LogP contribution in [0.25, 0.3) is 0 Å². The summed E-state index contributed by atoms with van der Waals surface area (Å²) in [5.74, 6) is -0.404. The Bertz CT molecular complexity index is 178. The maximum absolute atomic E-state index is 10.8. The average Bonchev–Trinajstić information content (AvgIpc) is 2.26. The monoisotopic (exact) mass is 234 g/mol. The van der Waals surface area contributed by atoms with Gasteiger partial charge >= 0.3 is 0 Å². The molecule has 0 saturated carbocycles. The molecule has 0 aliphatic carbocycles. The van der Waals surface area contributed by atoms with E-state index >= 15 is 0 Å². The van der Waals surface area contributed by atoms with Crippen LogP contribution in [-0.4, -0.2) is 59.1 Å². The Labute approximate surface area is 96.4 Å². The van der Waals surface area contributed by atoms with Gasteiger partial charge in [-0.25, -0.2) is 0 Å². The first-order chi connectivity index (χ1) is 7.72. The summed E-state index contributed by atoms with van der Waals surface area (Å²) in [6.07, 6.45) is 0.791. The zero-order valence-electron chi connectivity index (χ0n) is 10.0. The van der Waals surface area contributed by atoms with Gasteiger partial charge in [0.2, 0.25) is 5.91 Å². The van der Waals surface area contributed by atoms with Gasteiger partial charge in [-0.1, -0.05) is 0 Å². The second-order valence-electron chi connectivity index (χ2n) is 3.28. The molecular formula is C10H22N2O4. The maximum Gasteiger partial charge on any atom is 0.236 e. The number of hydrogen-bond acceptors (Lipinski definition) is 5. The average molecular weight is 234 g/mol. The first-order valence-corrected chi connectivity index (χ1v) is 5.33. The minimum Gasteiger partial charge on any atom is -0.382 e. The van der Waals surface area contributed by atoms with Crippen molar-refractivity contribution in [2.24, 2.45) is 5.73 Å². The molecule has 0 fully saturated rings. The number of amides is 1. The van der Waals surface area contributed by atoms with E-state index in [1.807, 2.05) is 0 Å². The molecular weight excluding hydrogens is 212 g/mol. The van der Waals surface area contributed by atoms with E-state index in [1.54, 1.807) is 14.2 Å². The van der Waals surface area contributed by atoms with Gasteiger partial charge in [-0.05, 0) is 13.5 Å². The van der Waals surface area contributed by atoms with Crippen LogP contribution in [0.5, 0.6) is 0 Å². The molecule has 1 atom stereocenters. The fourth-order valence-corrected chi connectivity index (χ4v) is 1.02. The van der Waals surface area contributed by atoms with Crippen LogP contribution in [0.15, 0.2) is 0 Å². The van der Waals surface area contributed by atoms with Gasteiger partial charge in [0, 0.05) is 20.3 Å². The van der Waals surface area contributed by atoms with Crippen molar-refractivity contribution < 1.29 is 19.0 Å². The molecule has 6 nitrogen and oxygen atoms in total. The number of carbonyl (C=O) groups excluding carboxylic acids is 1. The number of likely N-dealkylation sites (N-methyl/N-ethyl adjacent to an activating group) is 1. The molecule has 0 radical (unpaired) electrons. The van der Waals surface area contributed by atoms with Crippen molar-refractivity contribution in [3.05, 3.63) is 0 Å². The van der Waals surface area contributed by atoms with Crippen molar-refractivity contribution in [2.75, 3.05) is 47.2 Å². The molecule has 0 spiro atoms. The fraction of sp³-hybridized carbons (Fsp3) is 0.900. The second kappa shape index (κ2) is 10.8. The Morgan fingerprint density at radius 2 is 1.94 bits per heavy atom. The number of nitrogens with two attached hydrogens (primary N) is 1. The van der Waals surface area contributed by atoms with Gasteiger partial charge in [-0.15, -0.1) is 0 Å². The normalized spacial score (nSPS) is 12.6. The van der Waals surface area contributed by atoms with E-state index in [2.05, 4.69) is 5.32 Å². The third-order valence-electron chi connectivity index (χ3n) is 1.99. The molecule has 0 aromatic carbocycles. The van der Waals surface area contributed by atoms with Gasteiger partial charge in [0.25, 0.3) is 0 Å². The molecule has 0 rings (SSSR count). The predicted molar refractivity (Wildman–Crippen MR) is 60.2 cm³/mol. The summed E-state index contributed by atoms with van der Waals surface area (Å²) in [6.45, 7) is 2.67. The van der Waals surface area contributed by atoms with E-state index in [0.717, 1.165) is 6.42 Å². The SMILES string of the molecule is CNC(COCCCOCCOC)C(N)=O. The Kier molecular flexibility index (Phi) is 10.3. The van der Waals surface area contributed by atoms with Crippen molar-refractivity contribution in [2.45, 2.75) is 12.5 Å². The summed E-state index contributed by atoms with van der Waals surface area (Å²) < 4.78 is 15.3. The number of nitrogens with one attached hydrogen (secondary N) is 1. The van der Waals surface area contributed by atoms with Crippen molar-refractivity contribution >= 4 is 5.91 Å². The molecule has 96 valence electrons. The first kappa shape index (κ1) is 15.3. The molecule has 1 unspecified atom stereocenters. The lowest BCUT2D eigenvalue weighted by molar-refractivity contribution is -0.121.